The van der Waals surface area contributed by atoms with Gasteiger partial charge in [0.05, 0.1) is 6.04 Å². The molecule has 3 aliphatic heterocycles. The van der Waals surface area contributed by atoms with Gasteiger partial charge in [0, 0.05) is 62.1 Å². The second-order valence-electron chi connectivity index (χ2n) is 11.8. The van der Waals surface area contributed by atoms with Crippen molar-refractivity contribution in [3.05, 3.63) is 71.5 Å². The molecule has 236 valence electrons. The molecule has 0 saturated carbocycles. The lowest BCUT2D eigenvalue weighted by molar-refractivity contribution is -0.139. The fourth-order valence-corrected chi connectivity index (χ4v) is 7.16. The molecule has 10 heteroatoms. The van der Waals surface area contributed by atoms with Gasteiger partial charge < -0.3 is 24.4 Å². The minimum atomic E-state index is -0.997. The van der Waals surface area contributed by atoms with E-state index in [1.807, 2.05) is 25.1 Å². The van der Waals surface area contributed by atoms with E-state index >= 15 is 0 Å². The third kappa shape index (κ3) is 8.02. The van der Waals surface area contributed by atoms with Crippen LogP contribution in [0.25, 0.3) is 0 Å². The van der Waals surface area contributed by atoms with Crippen LogP contribution in [0, 0.1) is 6.92 Å². The number of aryl methyl sites for hydroxylation is 1. The zero-order valence-electron chi connectivity index (χ0n) is 26.0. The molecule has 1 N–H and O–H groups in total. The highest BCUT2D eigenvalue weighted by atomic mass is 32.2. The molecular formula is C34H44N4O5S. The average molecular weight is 621 g/mol. The van der Waals surface area contributed by atoms with Gasteiger partial charge in [-0.1, -0.05) is 36.1 Å². The highest BCUT2D eigenvalue weighted by Gasteiger charge is 2.45. The second kappa shape index (κ2) is 15.1. The summed E-state index contributed by atoms with van der Waals surface area (Å²) in [5, 5.41) is 9.70. The predicted molar refractivity (Wildman–Crippen MR) is 171 cm³/mol. The number of hydrogen-bond donors (Lipinski definition) is 1. The first-order valence-electron chi connectivity index (χ1n) is 15.6. The van der Waals surface area contributed by atoms with Crippen LogP contribution in [0.5, 0.6) is 5.75 Å². The third-order valence-corrected chi connectivity index (χ3v) is 9.75. The summed E-state index contributed by atoms with van der Waals surface area (Å²) in [6, 6.07) is 12.4. The molecule has 0 bridgehead atoms. The molecular weight excluding hydrogens is 576 g/mol. The highest BCUT2D eigenvalue weighted by Crippen LogP contribution is 2.33. The van der Waals surface area contributed by atoms with E-state index in [1.54, 1.807) is 23.9 Å². The van der Waals surface area contributed by atoms with Gasteiger partial charge in [0.25, 0.3) is 0 Å². The van der Waals surface area contributed by atoms with Crippen LogP contribution < -0.4 is 4.74 Å². The number of nitrogens with zero attached hydrogens (tertiary/aromatic N) is 4. The summed E-state index contributed by atoms with van der Waals surface area (Å²) in [7, 11) is 0. The number of carbonyl (C=O) groups excluding carboxylic acids is 1. The zero-order valence-corrected chi connectivity index (χ0v) is 26.8. The van der Waals surface area contributed by atoms with Gasteiger partial charge in [-0.15, -0.1) is 0 Å². The summed E-state index contributed by atoms with van der Waals surface area (Å²) >= 11 is 1.57. The van der Waals surface area contributed by atoms with Gasteiger partial charge in [0.15, 0.2) is 6.61 Å². The largest absolute Gasteiger partial charge is 0.482 e. The van der Waals surface area contributed by atoms with Crippen LogP contribution >= 0.6 is 11.8 Å². The summed E-state index contributed by atoms with van der Waals surface area (Å²) in [4.78, 5) is 37.2. The lowest BCUT2D eigenvalue weighted by Gasteiger charge is -2.39. The number of carboxylic acid groups (broad SMARTS) is 1. The van der Waals surface area contributed by atoms with Gasteiger partial charge in [-0.2, -0.15) is 0 Å². The number of rotatable bonds is 11. The molecule has 1 atom stereocenters. The normalized spacial score (nSPS) is 21.0. The lowest BCUT2D eigenvalue weighted by atomic mass is 9.99. The number of carbonyl (C=O) groups is 2. The molecule has 1 aromatic carbocycles. The molecule has 2 amide bonds. The number of pyridine rings is 1. The topological polar surface area (TPSA) is 95.4 Å². The Kier molecular flexibility index (Phi) is 11.0. The minimum absolute atomic E-state index is 0.114. The quantitative estimate of drug-likeness (QED) is 0.316. The molecule has 4 heterocycles. The molecule has 3 aliphatic rings. The highest BCUT2D eigenvalue weighted by molar-refractivity contribution is 7.99. The Bertz CT molecular complexity index is 1350. The first-order valence-corrected chi connectivity index (χ1v) is 16.4. The Balaban J connectivity index is 1.18. The summed E-state index contributed by atoms with van der Waals surface area (Å²) in [5.41, 5.74) is 3.48. The number of allylic oxidation sites excluding steroid dienone is 3. The van der Waals surface area contributed by atoms with Gasteiger partial charge >= 0.3 is 12.0 Å². The van der Waals surface area contributed by atoms with E-state index in [-0.39, 0.29) is 30.8 Å². The summed E-state index contributed by atoms with van der Waals surface area (Å²) < 4.78 is 10.8. The van der Waals surface area contributed by atoms with E-state index in [1.165, 1.54) is 11.1 Å². The molecule has 2 aromatic rings. The summed E-state index contributed by atoms with van der Waals surface area (Å²) in [5.74, 6) is -0.468. The molecule has 9 nitrogen and oxygen atoms in total. The third-order valence-electron chi connectivity index (χ3n) is 8.80. The Morgan fingerprint density at radius 1 is 1.09 bits per heavy atom. The van der Waals surface area contributed by atoms with Crippen molar-refractivity contribution in [3.8, 4) is 5.75 Å². The molecule has 3 fully saturated rings. The number of ether oxygens (including phenoxy) is 2. The van der Waals surface area contributed by atoms with E-state index in [2.05, 4.69) is 52.8 Å². The van der Waals surface area contributed by atoms with Crippen molar-refractivity contribution in [2.45, 2.75) is 81.0 Å². The monoisotopic (exact) mass is 620 g/mol. The number of carboxylic acids is 1. The van der Waals surface area contributed by atoms with Crippen LogP contribution in [0.2, 0.25) is 0 Å². The van der Waals surface area contributed by atoms with Crippen molar-refractivity contribution in [1.29, 1.82) is 0 Å². The van der Waals surface area contributed by atoms with Gasteiger partial charge in [-0.3, -0.25) is 4.90 Å². The van der Waals surface area contributed by atoms with Crippen LogP contribution in [-0.2, 0) is 16.1 Å². The smallest absolute Gasteiger partial charge is 0.341 e. The molecule has 5 rings (SSSR count). The Morgan fingerprint density at radius 3 is 2.48 bits per heavy atom. The van der Waals surface area contributed by atoms with E-state index in [9.17, 15) is 9.59 Å². The summed E-state index contributed by atoms with van der Waals surface area (Å²) in [6.07, 6.45) is 10.1. The van der Waals surface area contributed by atoms with Gasteiger partial charge in [0.1, 0.15) is 10.8 Å². The van der Waals surface area contributed by atoms with E-state index in [0.29, 0.717) is 5.75 Å². The summed E-state index contributed by atoms with van der Waals surface area (Å²) in [6.45, 7) is 10.9. The van der Waals surface area contributed by atoms with Crippen LogP contribution in [0.1, 0.15) is 50.8 Å². The average Bonchev–Trinajstić information content (AvgIpc) is 3.38. The van der Waals surface area contributed by atoms with Crippen molar-refractivity contribution >= 4 is 23.8 Å². The number of piperidine rings is 1. The van der Waals surface area contributed by atoms with Crippen molar-refractivity contribution in [2.24, 2.45) is 0 Å². The van der Waals surface area contributed by atoms with Crippen LogP contribution in [0.15, 0.2) is 70.1 Å². The van der Waals surface area contributed by atoms with Crippen molar-refractivity contribution in [2.75, 3.05) is 39.5 Å². The van der Waals surface area contributed by atoms with E-state index < -0.39 is 5.97 Å². The number of benzene rings is 1. The van der Waals surface area contributed by atoms with Crippen LogP contribution in [-0.4, -0.2) is 94.4 Å². The fourth-order valence-electron chi connectivity index (χ4n) is 6.33. The number of amides is 2. The minimum Gasteiger partial charge on any atom is -0.482 e. The first kappa shape index (κ1) is 32.1. The van der Waals surface area contributed by atoms with E-state index in [0.717, 1.165) is 80.7 Å². The Hall–Kier alpha value is -3.34. The van der Waals surface area contributed by atoms with Gasteiger partial charge in [-0.05, 0) is 87.9 Å². The standard InChI is InChI=1S/C34H44N4O5S/c1-4-5-6-24(2)31-22-37(27-15-19-42-20-16-27)34(41)38(31)28-13-17-36(18-14-28)21-26-7-12-32(35-25(26)3)44-30-10-8-29(9-11-30)43-23-33(39)40/h4-12,27-28,31H,13-23H2,1-3H3,(H,39,40)/b5-4-,24-6+. The van der Waals surface area contributed by atoms with E-state index in [4.69, 9.17) is 19.6 Å². The maximum Gasteiger partial charge on any atom is 0.341 e. The Labute approximate surface area is 264 Å². The predicted octanol–water partition coefficient (Wildman–Crippen LogP) is 5.78. The molecule has 1 unspecified atom stereocenters. The maximum atomic E-state index is 13.9. The lowest BCUT2D eigenvalue weighted by Crippen LogP contribution is -2.50. The Morgan fingerprint density at radius 2 is 1.82 bits per heavy atom. The number of aromatic nitrogens is 1. The molecule has 3 saturated heterocycles. The molecule has 1 aromatic heterocycles. The van der Waals surface area contributed by atoms with Crippen molar-refractivity contribution in [3.63, 3.8) is 0 Å². The molecule has 44 heavy (non-hydrogen) atoms. The van der Waals surface area contributed by atoms with Crippen LogP contribution in [0.3, 0.4) is 0 Å². The number of urea groups is 1. The second-order valence-corrected chi connectivity index (χ2v) is 12.9. The fraction of sp³-hybridized carbons (Fsp3) is 0.500. The van der Waals surface area contributed by atoms with Crippen LogP contribution in [0.4, 0.5) is 4.79 Å². The number of hydrogen-bond acceptors (Lipinski definition) is 7. The molecule has 0 aliphatic carbocycles. The van der Waals surface area contributed by atoms with Crippen molar-refractivity contribution in [1.82, 2.24) is 19.7 Å². The molecule has 0 radical (unpaired) electrons. The molecule has 0 spiro atoms. The first-order chi connectivity index (χ1) is 21.3. The van der Waals surface area contributed by atoms with Gasteiger partial charge in [-0.25, -0.2) is 14.6 Å². The maximum absolute atomic E-state index is 13.9. The van der Waals surface area contributed by atoms with Gasteiger partial charge in [0.2, 0.25) is 0 Å². The van der Waals surface area contributed by atoms with Crippen molar-refractivity contribution < 1.29 is 24.2 Å². The SMILES string of the molecule is C/C=C\C=C(/C)C1CN(C2CCOCC2)C(=O)N1C1CCN(Cc2ccc(Sc3ccc(OCC(=O)O)cc3)nc2C)CC1. The zero-order chi connectivity index (χ0) is 31.1. The number of likely N-dealkylation sites (tertiary alicyclic amines) is 1. The number of aliphatic carboxylic acids is 1.